The zero-order valence-electron chi connectivity index (χ0n) is 14.1. The van der Waals surface area contributed by atoms with Gasteiger partial charge in [0.25, 0.3) is 0 Å². The zero-order chi connectivity index (χ0) is 18.8. The number of hydrogen-bond donors (Lipinski definition) is 2. The third kappa shape index (κ3) is 4.66. The fourth-order valence-electron chi connectivity index (χ4n) is 2.29. The van der Waals surface area contributed by atoms with Crippen LogP contribution < -0.4 is 4.72 Å². The standard InChI is InChI=1S/C18H19Cl2NO2S2/c1-18(2,3)25(23)21-9-13-14(19)8-15(24)17(20)16(13)12-7-5-4-6-11(12)10-22/h4-8,10,21,24H,9H2,1-3H3. The van der Waals surface area contributed by atoms with E-state index in [0.717, 1.165) is 6.29 Å². The average Bonchev–Trinajstić information content (AvgIpc) is 2.55. The fraction of sp³-hybridized carbons (Fsp3) is 0.278. The quantitative estimate of drug-likeness (QED) is 0.512. The Balaban J connectivity index is 2.59. The number of aldehydes is 1. The Kier molecular flexibility index (Phi) is 6.74. The minimum atomic E-state index is -1.27. The Morgan fingerprint density at radius 2 is 1.88 bits per heavy atom. The van der Waals surface area contributed by atoms with Crippen LogP contribution in [-0.4, -0.2) is 15.2 Å². The van der Waals surface area contributed by atoms with E-state index >= 15 is 0 Å². The summed E-state index contributed by atoms with van der Waals surface area (Å²) in [6, 6.07) is 8.76. The lowest BCUT2D eigenvalue weighted by Crippen LogP contribution is -2.33. The van der Waals surface area contributed by atoms with Crippen LogP contribution >= 0.6 is 35.8 Å². The number of benzene rings is 2. The van der Waals surface area contributed by atoms with Gasteiger partial charge in [-0.25, -0.2) is 8.93 Å². The van der Waals surface area contributed by atoms with Crippen LogP contribution in [-0.2, 0) is 17.5 Å². The first-order valence-corrected chi connectivity index (χ1v) is 9.92. The van der Waals surface area contributed by atoms with Crippen molar-refractivity contribution in [3.63, 3.8) is 0 Å². The molecule has 1 N–H and O–H groups in total. The molecule has 1 unspecified atom stereocenters. The minimum Gasteiger partial charge on any atom is -0.298 e. The van der Waals surface area contributed by atoms with Crippen molar-refractivity contribution in [2.75, 3.05) is 0 Å². The molecule has 3 nitrogen and oxygen atoms in total. The highest BCUT2D eigenvalue weighted by molar-refractivity contribution is 7.84. The molecule has 2 aromatic carbocycles. The maximum absolute atomic E-state index is 12.3. The SMILES string of the molecule is CC(C)(C)S(=O)NCc1c(Cl)cc(S)c(Cl)c1-c1ccccc1C=O. The molecule has 134 valence electrons. The summed E-state index contributed by atoms with van der Waals surface area (Å²) in [5.74, 6) is 0. The Morgan fingerprint density at radius 3 is 2.48 bits per heavy atom. The summed E-state index contributed by atoms with van der Waals surface area (Å²) in [5.41, 5.74) is 2.47. The van der Waals surface area contributed by atoms with Crippen LogP contribution in [0.15, 0.2) is 35.2 Å². The average molecular weight is 416 g/mol. The van der Waals surface area contributed by atoms with E-state index in [1.54, 1.807) is 24.3 Å². The van der Waals surface area contributed by atoms with Gasteiger partial charge in [-0.15, -0.1) is 12.6 Å². The molecule has 0 aromatic heterocycles. The first-order chi connectivity index (χ1) is 11.7. The summed E-state index contributed by atoms with van der Waals surface area (Å²) in [5, 5.41) is 0.851. The number of thiol groups is 1. The molecule has 0 saturated carbocycles. The van der Waals surface area contributed by atoms with Crippen LogP contribution in [0.5, 0.6) is 0 Å². The number of rotatable bonds is 5. The van der Waals surface area contributed by atoms with Gasteiger partial charge in [0.2, 0.25) is 0 Å². The Hall–Kier alpha value is -0.850. The summed E-state index contributed by atoms with van der Waals surface area (Å²) >= 11 is 17.3. The molecule has 7 heteroatoms. The third-order valence-corrected chi connectivity index (χ3v) is 6.32. The highest BCUT2D eigenvalue weighted by Gasteiger charge is 2.22. The van der Waals surface area contributed by atoms with Crippen LogP contribution in [0.4, 0.5) is 0 Å². The van der Waals surface area contributed by atoms with Crippen LogP contribution in [0.25, 0.3) is 11.1 Å². The molecular weight excluding hydrogens is 397 g/mol. The summed E-state index contributed by atoms with van der Waals surface area (Å²) in [4.78, 5) is 11.9. The van der Waals surface area contributed by atoms with Crippen molar-refractivity contribution in [1.29, 1.82) is 0 Å². The van der Waals surface area contributed by atoms with E-state index in [-0.39, 0.29) is 6.54 Å². The lowest BCUT2D eigenvalue weighted by molar-refractivity contribution is 0.112. The molecule has 0 fully saturated rings. The molecule has 0 saturated heterocycles. The van der Waals surface area contributed by atoms with Gasteiger partial charge in [-0.3, -0.25) is 4.79 Å². The third-order valence-electron chi connectivity index (χ3n) is 3.59. The minimum absolute atomic E-state index is 0.249. The topological polar surface area (TPSA) is 46.2 Å². The normalized spacial score (nSPS) is 12.9. The predicted molar refractivity (Wildman–Crippen MR) is 109 cm³/mol. The van der Waals surface area contributed by atoms with E-state index in [9.17, 15) is 9.00 Å². The molecule has 2 rings (SSSR count). The van der Waals surface area contributed by atoms with Gasteiger partial charge < -0.3 is 0 Å². The van der Waals surface area contributed by atoms with Gasteiger partial charge in [0.05, 0.1) is 20.8 Å². The molecule has 0 heterocycles. The monoisotopic (exact) mass is 415 g/mol. The lowest BCUT2D eigenvalue weighted by atomic mass is 9.95. The maximum Gasteiger partial charge on any atom is 0.150 e. The van der Waals surface area contributed by atoms with E-state index in [2.05, 4.69) is 17.4 Å². The highest BCUT2D eigenvalue weighted by atomic mass is 35.5. The van der Waals surface area contributed by atoms with Gasteiger partial charge in [-0.05, 0) is 38.0 Å². The lowest BCUT2D eigenvalue weighted by Gasteiger charge is -2.21. The van der Waals surface area contributed by atoms with E-state index in [1.165, 1.54) is 0 Å². The molecule has 0 aliphatic rings. The van der Waals surface area contributed by atoms with Crippen molar-refractivity contribution in [3.8, 4) is 11.1 Å². The van der Waals surface area contributed by atoms with E-state index in [1.807, 2.05) is 26.8 Å². The largest absolute Gasteiger partial charge is 0.298 e. The summed E-state index contributed by atoms with van der Waals surface area (Å²) in [7, 11) is -1.27. The second-order valence-electron chi connectivity index (χ2n) is 6.45. The fourth-order valence-corrected chi connectivity index (χ4v) is 3.85. The molecule has 25 heavy (non-hydrogen) atoms. The van der Waals surface area contributed by atoms with Gasteiger partial charge in [-0.1, -0.05) is 47.5 Å². The van der Waals surface area contributed by atoms with Crippen LogP contribution in [0.1, 0.15) is 36.7 Å². The van der Waals surface area contributed by atoms with Crippen molar-refractivity contribution in [2.24, 2.45) is 0 Å². The number of nitrogens with one attached hydrogen (secondary N) is 1. The number of halogens is 2. The molecule has 1 atom stereocenters. The second-order valence-corrected chi connectivity index (χ2v) is 9.77. The van der Waals surface area contributed by atoms with Gasteiger partial charge in [-0.2, -0.15) is 0 Å². The Morgan fingerprint density at radius 1 is 1.24 bits per heavy atom. The van der Waals surface area contributed by atoms with Crippen molar-refractivity contribution >= 4 is 53.1 Å². The highest BCUT2D eigenvalue weighted by Crippen LogP contribution is 2.40. The summed E-state index contributed by atoms with van der Waals surface area (Å²) < 4.78 is 14.9. The van der Waals surface area contributed by atoms with Crippen molar-refractivity contribution in [2.45, 2.75) is 37.0 Å². The molecule has 0 spiro atoms. The van der Waals surface area contributed by atoms with Crippen LogP contribution in [0.2, 0.25) is 10.0 Å². The van der Waals surface area contributed by atoms with Crippen molar-refractivity contribution in [1.82, 2.24) is 4.72 Å². The Labute approximate surface area is 166 Å². The first kappa shape index (κ1) is 20.5. The number of carbonyl (C=O) groups is 1. The maximum atomic E-state index is 12.3. The zero-order valence-corrected chi connectivity index (χ0v) is 17.3. The van der Waals surface area contributed by atoms with E-state index in [0.29, 0.717) is 37.2 Å². The van der Waals surface area contributed by atoms with Gasteiger partial charge in [0.15, 0.2) is 6.29 Å². The summed E-state index contributed by atoms with van der Waals surface area (Å²) in [6.07, 6.45) is 0.773. The van der Waals surface area contributed by atoms with E-state index in [4.69, 9.17) is 23.2 Å². The van der Waals surface area contributed by atoms with Gasteiger partial charge in [0, 0.05) is 27.6 Å². The molecule has 0 aliphatic heterocycles. The molecule has 0 amide bonds. The first-order valence-electron chi connectivity index (χ1n) is 7.56. The smallest absolute Gasteiger partial charge is 0.150 e. The van der Waals surface area contributed by atoms with E-state index < -0.39 is 15.7 Å². The molecule has 0 bridgehead atoms. The molecule has 2 aromatic rings. The van der Waals surface area contributed by atoms with Crippen LogP contribution in [0.3, 0.4) is 0 Å². The molecule has 0 radical (unpaired) electrons. The second kappa shape index (κ2) is 8.23. The number of hydrogen-bond acceptors (Lipinski definition) is 3. The van der Waals surface area contributed by atoms with Crippen molar-refractivity contribution in [3.05, 3.63) is 51.5 Å². The van der Waals surface area contributed by atoms with Crippen molar-refractivity contribution < 1.29 is 9.00 Å². The molecular formula is C18H19Cl2NO2S2. The van der Waals surface area contributed by atoms with Crippen LogP contribution in [0, 0.1) is 0 Å². The summed E-state index contributed by atoms with van der Waals surface area (Å²) in [6.45, 7) is 5.89. The van der Waals surface area contributed by atoms with Gasteiger partial charge in [0.1, 0.15) is 0 Å². The van der Waals surface area contributed by atoms with Gasteiger partial charge >= 0.3 is 0 Å². The Bertz CT molecular complexity index is 833. The number of carbonyl (C=O) groups excluding carboxylic acids is 1. The predicted octanol–water partition coefficient (Wildman–Crippen LogP) is 5.31. The molecule has 0 aliphatic carbocycles.